The number of fused-ring (bicyclic) bond motifs is 1. The fourth-order valence-electron chi connectivity index (χ4n) is 2.98. The molecule has 4 aromatic rings. The smallest absolute Gasteiger partial charge is 0.264 e. The molecule has 0 aliphatic heterocycles. The van der Waals surface area contributed by atoms with Gasteiger partial charge in [-0.2, -0.15) is 5.10 Å². The molecular weight excluding hydrogens is 354 g/mol. The molecule has 0 radical (unpaired) electrons. The number of nitrogens with one attached hydrogen (secondary N) is 1. The highest BCUT2D eigenvalue weighted by molar-refractivity contribution is 5.90. The Morgan fingerprint density at radius 1 is 1.07 bits per heavy atom. The van der Waals surface area contributed by atoms with Crippen LogP contribution in [0.4, 0.5) is 5.69 Å². The maximum Gasteiger partial charge on any atom is 0.264 e. The molecule has 1 amide bonds. The van der Waals surface area contributed by atoms with Crippen molar-refractivity contribution < 1.29 is 4.79 Å². The van der Waals surface area contributed by atoms with Gasteiger partial charge in [0.1, 0.15) is 18.3 Å². The van der Waals surface area contributed by atoms with Crippen molar-refractivity contribution in [1.82, 2.24) is 19.3 Å². The third-order valence-corrected chi connectivity index (χ3v) is 4.66. The van der Waals surface area contributed by atoms with Crippen molar-refractivity contribution in [3.63, 3.8) is 0 Å². The van der Waals surface area contributed by atoms with Crippen LogP contribution in [0.5, 0.6) is 0 Å². The standard InChI is InChI=1S/C21H19N5O2/c1-14-8-9-17(10-15(14)2)26-20-18(11-23-26)21(28)25(13-22-20)12-19(27)24-16-6-4-3-5-7-16/h3-11,13H,12H2,1-2H3,(H,24,27). The summed E-state index contributed by atoms with van der Waals surface area (Å²) in [6.07, 6.45) is 2.87. The number of carbonyl (C=O) groups excluding carboxylic acids is 1. The highest BCUT2D eigenvalue weighted by Crippen LogP contribution is 2.17. The van der Waals surface area contributed by atoms with Crippen molar-refractivity contribution in [3.05, 3.63) is 82.5 Å². The molecule has 4 rings (SSSR count). The normalized spacial score (nSPS) is 10.9. The quantitative estimate of drug-likeness (QED) is 0.596. The predicted octanol–water partition coefficient (Wildman–Crippen LogP) is 2.84. The zero-order chi connectivity index (χ0) is 19.7. The SMILES string of the molecule is Cc1ccc(-n2ncc3c(=O)n(CC(=O)Nc4ccccc4)cnc32)cc1C. The number of amides is 1. The van der Waals surface area contributed by atoms with Crippen LogP contribution in [0.25, 0.3) is 16.7 Å². The van der Waals surface area contributed by atoms with E-state index in [1.165, 1.54) is 22.7 Å². The maximum absolute atomic E-state index is 12.8. The number of carbonyl (C=O) groups is 1. The molecule has 7 nitrogen and oxygen atoms in total. The van der Waals surface area contributed by atoms with Gasteiger partial charge in [-0.15, -0.1) is 0 Å². The molecule has 0 atom stereocenters. The molecule has 28 heavy (non-hydrogen) atoms. The summed E-state index contributed by atoms with van der Waals surface area (Å²) in [5, 5.41) is 7.46. The zero-order valence-electron chi connectivity index (χ0n) is 15.6. The van der Waals surface area contributed by atoms with Crippen LogP contribution in [-0.4, -0.2) is 25.2 Å². The van der Waals surface area contributed by atoms with Crippen molar-refractivity contribution in [3.8, 4) is 5.69 Å². The Hall–Kier alpha value is -3.74. The van der Waals surface area contributed by atoms with Gasteiger partial charge in [0.25, 0.3) is 5.56 Å². The van der Waals surface area contributed by atoms with Gasteiger partial charge in [-0.25, -0.2) is 9.67 Å². The number of aryl methyl sites for hydroxylation is 2. The van der Waals surface area contributed by atoms with Crippen LogP contribution in [-0.2, 0) is 11.3 Å². The van der Waals surface area contributed by atoms with Crippen molar-refractivity contribution in [2.75, 3.05) is 5.32 Å². The number of hydrogen-bond acceptors (Lipinski definition) is 4. The van der Waals surface area contributed by atoms with E-state index in [2.05, 4.69) is 15.4 Å². The molecule has 2 heterocycles. The minimum absolute atomic E-state index is 0.120. The summed E-state index contributed by atoms with van der Waals surface area (Å²) in [6, 6.07) is 15.1. The highest BCUT2D eigenvalue weighted by Gasteiger charge is 2.13. The predicted molar refractivity (Wildman–Crippen MR) is 108 cm³/mol. The van der Waals surface area contributed by atoms with E-state index in [9.17, 15) is 9.59 Å². The van der Waals surface area contributed by atoms with Gasteiger partial charge in [-0.05, 0) is 49.2 Å². The molecule has 2 aromatic carbocycles. The molecular formula is C21H19N5O2. The molecule has 0 aliphatic rings. The lowest BCUT2D eigenvalue weighted by atomic mass is 10.1. The van der Waals surface area contributed by atoms with Crippen molar-refractivity contribution in [2.45, 2.75) is 20.4 Å². The molecule has 0 fully saturated rings. The molecule has 140 valence electrons. The number of rotatable bonds is 4. The largest absolute Gasteiger partial charge is 0.325 e. The number of anilines is 1. The first-order chi connectivity index (χ1) is 13.5. The fraction of sp³-hybridized carbons (Fsp3) is 0.143. The minimum Gasteiger partial charge on any atom is -0.325 e. The first kappa shape index (κ1) is 17.7. The van der Waals surface area contributed by atoms with E-state index in [4.69, 9.17) is 0 Å². The molecule has 1 N–H and O–H groups in total. The van der Waals surface area contributed by atoms with Crippen LogP contribution in [0.15, 0.2) is 65.8 Å². The number of benzene rings is 2. The van der Waals surface area contributed by atoms with E-state index in [-0.39, 0.29) is 18.0 Å². The molecule has 7 heteroatoms. The van der Waals surface area contributed by atoms with E-state index < -0.39 is 0 Å². The Kier molecular flexibility index (Phi) is 4.49. The molecule has 0 unspecified atom stereocenters. The Bertz CT molecular complexity index is 1220. The van der Waals surface area contributed by atoms with Crippen molar-refractivity contribution in [1.29, 1.82) is 0 Å². The third-order valence-electron chi connectivity index (χ3n) is 4.66. The second-order valence-corrected chi connectivity index (χ2v) is 6.65. The van der Waals surface area contributed by atoms with Gasteiger partial charge in [-0.1, -0.05) is 24.3 Å². The molecule has 0 spiro atoms. The van der Waals surface area contributed by atoms with Gasteiger partial charge in [0, 0.05) is 5.69 Å². The summed E-state index contributed by atoms with van der Waals surface area (Å²) in [5.74, 6) is -0.295. The summed E-state index contributed by atoms with van der Waals surface area (Å²) in [5.41, 5.74) is 3.99. The minimum atomic E-state index is -0.303. The lowest BCUT2D eigenvalue weighted by molar-refractivity contribution is -0.116. The van der Waals surface area contributed by atoms with Gasteiger partial charge in [0.05, 0.1) is 11.9 Å². The average molecular weight is 373 g/mol. The van der Waals surface area contributed by atoms with Gasteiger partial charge in [0.2, 0.25) is 5.91 Å². The molecule has 0 aliphatic carbocycles. The van der Waals surface area contributed by atoms with Gasteiger partial charge in [-0.3, -0.25) is 14.2 Å². The van der Waals surface area contributed by atoms with E-state index in [1.807, 2.05) is 50.2 Å². The average Bonchev–Trinajstić information content (AvgIpc) is 3.12. The summed E-state index contributed by atoms with van der Waals surface area (Å²) in [6.45, 7) is 3.94. The maximum atomic E-state index is 12.8. The Morgan fingerprint density at radius 2 is 1.86 bits per heavy atom. The van der Waals surface area contributed by atoms with Crippen LogP contribution in [0.1, 0.15) is 11.1 Å². The van der Waals surface area contributed by atoms with Gasteiger partial charge in [0.15, 0.2) is 5.65 Å². The zero-order valence-corrected chi connectivity index (χ0v) is 15.6. The van der Waals surface area contributed by atoms with Gasteiger partial charge >= 0.3 is 0 Å². The number of aromatic nitrogens is 4. The van der Waals surface area contributed by atoms with Gasteiger partial charge < -0.3 is 5.32 Å². The third kappa shape index (κ3) is 3.29. The summed E-state index contributed by atoms with van der Waals surface area (Å²) in [7, 11) is 0. The fourth-order valence-corrected chi connectivity index (χ4v) is 2.98. The summed E-state index contributed by atoms with van der Waals surface area (Å²) < 4.78 is 2.92. The van der Waals surface area contributed by atoms with E-state index >= 15 is 0 Å². The summed E-state index contributed by atoms with van der Waals surface area (Å²) in [4.78, 5) is 29.4. The number of para-hydroxylation sites is 1. The van der Waals surface area contributed by atoms with E-state index in [0.29, 0.717) is 16.7 Å². The lowest BCUT2D eigenvalue weighted by Crippen LogP contribution is -2.27. The molecule has 0 bridgehead atoms. The first-order valence-electron chi connectivity index (χ1n) is 8.88. The molecule has 0 saturated heterocycles. The summed E-state index contributed by atoms with van der Waals surface area (Å²) >= 11 is 0. The second-order valence-electron chi connectivity index (χ2n) is 6.65. The number of hydrogen-bond donors (Lipinski definition) is 1. The van der Waals surface area contributed by atoms with Crippen molar-refractivity contribution in [2.24, 2.45) is 0 Å². The van der Waals surface area contributed by atoms with E-state index in [1.54, 1.807) is 16.8 Å². The van der Waals surface area contributed by atoms with E-state index in [0.717, 1.165) is 11.3 Å². The van der Waals surface area contributed by atoms with Crippen LogP contribution in [0, 0.1) is 13.8 Å². The van der Waals surface area contributed by atoms with Crippen molar-refractivity contribution >= 4 is 22.6 Å². The topological polar surface area (TPSA) is 81.8 Å². The first-order valence-corrected chi connectivity index (χ1v) is 8.88. The molecule has 2 aromatic heterocycles. The Labute approximate surface area is 161 Å². The van der Waals surface area contributed by atoms with Crippen LogP contribution < -0.4 is 10.9 Å². The second kappa shape index (κ2) is 7.11. The number of nitrogens with zero attached hydrogens (tertiary/aromatic N) is 4. The van der Waals surface area contributed by atoms with Crippen LogP contribution >= 0.6 is 0 Å². The molecule has 0 saturated carbocycles. The Morgan fingerprint density at radius 3 is 2.61 bits per heavy atom. The Balaban J connectivity index is 1.64. The lowest BCUT2D eigenvalue weighted by Gasteiger charge is -2.08. The monoisotopic (exact) mass is 373 g/mol. The van der Waals surface area contributed by atoms with Crippen LogP contribution in [0.3, 0.4) is 0 Å². The highest BCUT2D eigenvalue weighted by atomic mass is 16.2. The van der Waals surface area contributed by atoms with Crippen LogP contribution in [0.2, 0.25) is 0 Å².